The molecule has 0 radical (unpaired) electrons. The van der Waals surface area contributed by atoms with Crippen molar-refractivity contribution < 1.29 is 9.59 Å². The Balaban J connectivity index is 1.78. The van der Waals surface area contributed by atoms with Crippen LogP contribution >= 0.6 is 0 Å². The predicted octanol–water partition coefficient (Wildman–Crippen LogP) is 1.58. The van der Waals surface area contributed by atoms with Gasteiger partial charge in [0.1, 0.15) is 0 Å². The standard InChI is InChI=1S/C16H21N5O2/c1-12(2)19-15(22)10-17-16(23)20-14-6-4-13(5-7-14)11-21-9-3-8-18-21/h3-9,12H,10-11H2,1-2H3,(H,19,22)(H2,17,20,23). The van der Waals surface area contributed by atoms with Gasteiger partial charge in [-0.05, 0) is 37.6 Å². The maximum absolute atomic E-state index is 11.7. The van der Waals surface area contributed by atoms with Crippen molar-refractivity contribution in [2.75, 3.05) is 11.9 Å². The summed E-state index contributed by atoms with van der Waals surface area (Å²) in [5.74, 6) is -0.218. The Hall–Kier alpha value is -2.83. The van der Waals surface area contributed by atoms with Crippen LogP contribution in [0.2, 0.25) is 0 Å². The van der Waals surface area contributed by atoms with Crippen molar-refractivity contribution in [1.29, 1.82) is 0 Å². The van der Waals surface area contributed by atoms with Crippen LogP contribution in [-0.2, 0) is 11.3 Å². The number of carbonyl (C=O) groups is 2. The van der Waals surface area contributed by atoms with Crippen LogP contribution in [-0.4, -0.2) is 34.3 Å². The molecule has 0 saturated heterocycles. The number of carbonyl (C=O) groups excluding carboxylic acids is 2. The fraction of sp³-hybridized carbons (Fsp3) is 0.312. The number of rotatable bonds is 6. The van der Waals surface area contributed by atoms with Crippen molar-refractivity contribution in [3.05, 3.63) is 48.3 Å². The number of urea groups is 1. The molecule has 3 amide bonds. The molecule has 7 heteroatoms. The summed E-state index contributed by atoms with van der Waals surface area (Å²) in [4.78, 5) is 23.2. The number of anilines is 1. The van der Waals surface area contributed by atoms with Gasteiger partial charge in [-0.25, -0.2) is 4.79 Å². The normalized spacial score (nSPS) is 10.4. The molecular weight excluding hydrogens is 294 g/mol. The van der Waals surface area contributed by atoms with Crippen LogP contribution in [0.4, 0.5) is 10.5 Å². The third-order valence-corrected chi connectivity index (χ3v) is 2.97. The van der Waals surface area contributed by atoms with Gasteiger partial charge in [-0.2, -0.15) is 5.10 Å². The molecule has 1 aromatic carbocycles. The van der Waals surface area contributed by atoms with Crippen LogP contribution < -0.4 is 16.0 Å². The first kappa shape index (κ1) is 16.5. The largest absolute Gasteiger partial charge is 0.352 e. The maximum atomic E-state index is 11.7. The van der Waals surface area contributed by atoms with E-state index in [0.717, 1.165) is 5.56 Å². The molecule has 3 N–H and O–H groups in total. The second kappa shape index (κ2) is 7.98. The molecule has 2 aromatic rings. The van der Waals surface area contributed by atoms with Crippen molar-refractivity contribution in [2.24, 2.45) is 0 Å². The fourth-order valence-electron chi connectivity index (χ4n) is 1.98. The van der Waals surface area contributed by atoms with Crippen molar-refractivity contribution in [1.82, 2.24) is 20.4 Å². The molecular formula is C16H21N5O2. The number of hydrogen-bond donors (Lipinski definition) is 3. The molecule has 0 unspecified atom stereocenters. The zero-order chi connectivity index (χ0) is 16.7. The lowest BCUT2D eigenvalue weighted by atomic mass is 10.2. The van der Waals surface area contributed by atoms with Crippen molar-refractivity contribution in [3.63, 3.8) is 0 Å². The second-order valence-corrected chi connectivity index (χ2v) is 5.43. The van der Waals surface area contributed by atoms with E-state index in [0.29, 0.717) is 12.2 Å². The molecule has 23 heavy (non-hydrogen) atoms. The van der Waals surface area contributed by atoms with E-state index in [-0.39, 0.29) is 18.5 Å². The van der Waals surface area contributed by atoms with Crippen molar-refractivity contribution in [2.45, 2.75) is 26.4 Å². The van der Waals surface area contributed by atoms with Crippen LogP contribution in [0.3, 0.4) is 0 Å². The minimum absolute atomic E-state index is 0.0506. The Bertz CT molecular complexity index is 635. The summed E-state index contributed by atoms with van der Waals surface area (Å²) in [5.41, 5.74) is 1.74. The Kier molecular flexibility index (Phi) is 5.74. The van der Waals surface area contributed by atoms with Gasteiger partial charge in [0.05, 0.1) is 13.1 Å². The smallest absolute Gasteiger partial charge is 0.319 e. The summed E-state index contributed by atoms with van der Waals surface area (Å²) in [7, 11) is 0. The van der Waals surface area contributed by atoms with E-state index in [4.69, 9.17) is 0 Å². The first-order valence-electron chi connectivity index (χ1n) is 7.43. The van der Waals surface area contributed by atoms with E-state index in [9.17, 15) is 9.59 Å². The van der Waals surface area contributed by atoms with Crippen LogP contribution in [0.25, 0.3) is 0 Å². The van der Waals surface area contributed by atoms with E-state index in [2.05, 4.69) is 21.0 Å². The van der Waals surface area contributed by atoms with E-state index < -0.39 is 6.03 Å². The van der Waals surface area contributed by atoms with Crippen molar-refractivity contribution >= 4 is 17.6 Å². The van der Waals surface area contributed by atoms with Gasteiger partial charge in [0.25, 0.3) is 0 Å². The van der Waals surface area contributed by atoms with Crippen LogP contribution in [0, 0.1) is 0 Å². The third-order valence-electron chi connectivity index (χ3n) is 2.97. The molecule has 0 aliphatic carbocycles. The topological polar surface area (TPSA) is 88.0 Å². The van der Waals surface area contributed by atoms with Gasteiger partial charge in [0.2, 0.25) is 5.91 Å². The minimum Gasteiger partial charge on any atom is -0.352 e. The summed E-state index contributed by atoms with van der Waals surface area (Å²) in [5, 5.41) is 12.0. The summed E-state index contributed by atoms with van der Waals surface area (Å²) >= 11 is 0. The molecule has 2 rings (SSSR count). The number of benzene rings is 1. The Labute approximate surface area is 135 Å². The highest BCUT2D eigenvalue weighted by Crippen LogP contribution is 2.10. The summed E-state index contributed by atoms with van der Waals surface area (Å²) in [6, 6.07) is 8.97. The van der Waals surface area contributed by atoms with E-state index >= 15 is 0 Å². The summed E-state index contributed by atoms with van der Waals surface area (Å²) in [6.45, 7) is 4.35. The van der Waals surface area contributed by atoms with Crippen molar-refractivity contribution in [3.8, 4) is 0 Å². The second-order valence-electron chi connectivity index (χ2n) is 5.43. The average molecular weight is 315 g/mol. The maximum Gasteiger partial charge on any atom is 0.319 e. The molecule has 0 fully saturated rings. The minimum atomic E-state index is -0.413. The third kappa shape index (κ3) is 5.82. The summed E-state index contributed by atoms with van der Waals surface area (Å²) in [6.07, 6.45) is 3.62. The Morgan fingerprint density at radius 3 is 2.57 bits per heavy atom. The van der Waals surface area contributed by atoms with Gasteiger partial charge in [-0.1, -0.05) is 12.1 Å². The molecule has 0 bridgehead atoms. The zero-order valence-corrected chi connectivity index (χ0v) is 13.2. The lowest BCUT2D eigenvalue weighted by Crippen LogP contribution is -2.41. The molecule has 122 valence electrons. The highest BCUT2D eigenvalue weighted by Gasteiger charge is 2.06. The van der Waals surface area contributed by atoms with Crippen LogP contribution in [0.15, 0.2) is 42.7 Å². The van der Waals surface area contributed by atoms with Gasteiger partial charge in [-0.3, -0.25) is 9.48 Å². The quantitative estimate of drug-likeness (QED) is 0.756. The number of aromatic nitrogens is 2. The predicted molar refractivity (Wildman–Crippen MR) is 88.1 cm³/mol. The Morgan fingerprint density at radius 1 is 1.22 bits per heavy atom. The first-order valence-corrected chi connectivity index (χ1v) is 7.43. The SMILES string of the molecule is CC(C)NC(=O)CNC(=O)Nc1ccc(Cn2cccn2)cc1. The van der Waals surface area contributed by atoms with Gasteiger partial charge in [0.15, 0.2) is 0 Å². The van der Waals surface area contributed by atoms with Gasteiger partial charge in [-0.15, -0.1) is 0 Å². The lowest BCUT2D eigenvalue weighted by Gasteiger charge is -2.10. The molecule has 7 nitrogen and oxygen atoms in total. The zero-order valence-electron chi connectivity index (χ0n) is 13.2. The fourth-order valence-corrected chi connectivity index (χ4v) is 1.98. The highest BCUT2D eigenvalue weighted by molar-refractivity contribution is 5.92. The molecule has 0 aliphatic heterocycles. The van der Waals surface area contributed by atoms with Crippen LogP contribution in [0.1, 0.15) is 19.4 Å². The number of nitrogens with zero attached hydrogens (tertiary/aromatic N) is 2. The van der Waals surface area contributed by atoms with Gasteiger partial charge < -0.3 is 16.0 Å². The number of nitrogens with one attached hydrogen (secondary N) is 3. The number of hydrogen-bond acceptors (Lipinski definition) is 3. The van der Waals surface area contributed by atoms with Crippen LogP contribution in [0.5, 0.6) is 0 Å². The lowest BCUT2D eigenvalue weighted by molar-refractivity contribution is -0.120. The number of amides is 3. The molecule has 0 aliphatic rings. The van der Waals surface area contributed by atoms with E-state index in [1.54, 1.807) is 6.20 Å². The van der Waals surface area contributed by atoms with Gasteiger partial charge >= 0.3 is 6.03 Å². The molecule has 0 atom stereocenters. The molecule has 0 spiro atoms. The molecule has 1 heterocycles. The first-order chi connectivity index (χ1) is 11.0. The summed E-state index contributed by atoms with van der Waals surface area (Å²) < 4.78 is 1.82. The van der Waals surface area contributed by atoms with Gasteiger partial charge in [0, 0.05) is 24.1 Å². The average Bonchev–Trinajstić information content (AvgIpc) is 2.99. The van der Waals surface area contributed by atoms with E-state index in [1.807, 2.05) is 55.1 Å². The Morgan fingerprint density at radius 2 is 1.96 bits per heavy atom. The highest BCUT2D eigenvalue weighted by atomic mass is 16.2. The molecule has 1 aromatic heterocycles. The monoisotopic (exact) mass is 315 g/mol. The van der Waals surface area contributed by atoms with E-state index in [1.165, 1.54) is 0 Å². The molecule has 0 saturated carbocycles.